The van der Waals surface area contributed by atoms with Gasteiger partial charge in [0.15, 0.2) is 6.29 Å². The van der Waals surface area contributed by atoms with Gasteiger partial charge in [-0.25, -0.2) is 0 Å². The molecule has 0 aliphatic rings. The van der Waals surface area contributed by atoms with Crippen molar-refractivity contribution in [2.45, 2.75) is 84.3 Å². The highest BCUT2D eigenvalue weighted by Gasteiger charge is 1.96. The third-order valence-electron chi connectivity index (χ3n) is 2.57. The molecule has 0 aromatic carbocycles. The summed E-state index contributed by atoms with van der Waals surface area (Å²) in [7, 11) is 0. The zero-order valence-corrected chi connectivity index (χ0v) is 11.7. The van der Waals surface area contributed by atoms with E-state index in [9.17, 15) is 0 Å². The molecule has 3 nitrogen and oxygen atoms in total. The van der Waals surface area contributed by atoms with Crippen molar-refractivity contribution in [1.82, 2.24) is 0 Å². The highest BCUT2D eigenvalue weighted by atomic mass is 16.5. The monoisotopic (exact) mass is 248 g/mol. The maximum Gasteiger partial charge on any atom is 0.151 e. The van der Waals surface area contributed by atoms with Crippen molar-refractivity contribution in [2.75, 3.05) is 6.61 Å². The van der Waals surface area contributed by atoms with Crippen LogP contribution >= 0.6 is 0 Å². The molecule has 3 N–H and O–H groups in total. The first-order valence-electron chi connectivity index (χ1n) is 7.16. The van der Waals surface area contributed by atoms with Gasteiger partial charge in [0.2, 0.25) is 0 Å². The fourth-order valence-electron chi connectivity index (χ4n) is 1.64. The Balaban J connectivity index is 0. The molecule has 3 heteroatoms. The first kappa shape index (κ1) is 19.2. The van der Waals surface area contributed by atoms with Gasteiger partial charge in [0.05, 0.1) is 0 Å². The standard InChI is InChI=1S/C12H26O2.C2H6O/c1-2-3-4-5-6-7-8-9-10-11-12(13)14;1-2-3/h12-14H,2-11H2,1H3;3H,2H2,1H3. The van der Waals surface area contributed by atoms with Gasteiger partial charge in [-0.2, -0.15) is 0 Å². The zero-order chi connectivity index (χ0) is 13.4. The predicted octanol–water partition coefficient (Wildman–Crippen LogP) is 3.22. The van der Waals surface area contributed by atoms with E-state index in [1.165, 1.54) is 44.9 Å². The molecule has 0 aliphatic carbocycles. The fourth-order valence-corrected chi connectivity index (χ4v) is 1.64. The number of rotatable bonds is 10. The molecule has 0 aromatic heterocycles. The van der Waals surface area contributed by atoms with Crippen LogP contribution < -0.4 is 0 Å². The largest absolute Gasteiger partial charge is 0.397 e. The lowest BCUT2D eigenvalue weighted by molar-refractivity contribution is -0.0466. The van der Waals surface area contributed by atoms with E-state index in [2.05, 4.69) is 6.92 Å². The Labute approximate surface area is 107 Å². The third-order valence-corrected chi connectivity index (χ3v) is 2.57. The van der Waals surface area contributed by atoms with Gasteiger partial charge in [-0.3, -0.25) is 0 Å². The first-order chi connectivity index (χ1) is 8.18. The average molecular weight is 248 g/mol. The number of hydrogen-bond donors (Lipinski definition) is 3. The van der Waals surface area contributed by atoms with Gasteiger partial charge < -0.3 is 15.3 Å². The van der Waals surface area contributed by atoms with Crippen LogP contribution in [0.2, 0.25) is 0 Å². The Morgan fingerprint density at radius 2 is 1.06 bits per heavy atom. The highest BCUT2D eigenvalue weighted by Crippen LogP contribution is 2.10. The van der Waals surface area contributed by atoms with Crippen LogP contribution in [-0.4, -0.2) is 28.2 Å². The Bertz CT molecular complexity index is 116. The summed E-state index contributed by atoms with van der Waals surface area (Å²) >= 11 is 0. The molecular formula is C14H32O3. The number of hydrogen-bond acceptors (Lipinski definition) is 3. The van der Waals surface area contributed by atoms with Crippen LogP contribution in [-0.2, 0) is 0 Å². The maximum absolute atomic E-state index is 8.61. The van der Waals surface area contributed by atoms with Crippen molar-refractivity contribution in [3.8, 4) is 0 Å². The van der Waals surface area contributed by atoms with Crippen molar-refractivity contribution in [1.29, 1.82) is 0 Å². The summed E-state index contributed by atoms with van der Waals surface area (Å²) in [5, 5.41) is 24.8. The summed E-state index contributed by atoms with van der Waals surface area (Å²) in [6.07, 6.45) is 10.9. The van der Waals surface area contributed by atoms with E-state index in [1.54, 1.807) is 6.92 Å². The SMILES string of the molecule is CCCCCCCCCCCC(O)O.CCO. The van der Waals surface area contributed by atoms with Crippen molar-refractivity contribution in [2.24, 2.45) is 0 Å². The topological polar surface area (TPSA) is 60.7 Å². The molecule has 17 heavy (non-hydrogen) atoms. The number of aliphatic hydroxyl groups excluding tert-OH is 2. The minimum Gasteiger partial charge on any atom is -0.397 e. The van der Waals surface area contributed by atoms with Crippen LogP contribution in [0.1, 0.15) is 78.1 Å². The molecule has 0 heterocycles. The fraction of sp³-hybridized carbons (Fsp3) is 1.00. The van der Waals surface area contributed by atoms with Crippen molar-refractivity contribution in [3.05, 3.63) is 0 Å². The summed E-state index contributed by atoms with van der Waals surface area (Å²) in [6.45, 7) is 4.17. The lowest BCUT2D eigenvalue weighted by Crippen LogP contribution is -2.02. The normalized spacial score (nSPS) is 10.2. The Kier molecular flexibility index (Phi) is 20.6. The van der Waals surface area contributed by atoms with Crippen molar-refractivity contribution < 1.29 is 15.3 Å². The van der Waals surface area contributed by atoms with Gasteiger partial charge >= 0.3 is 0 Å². The number of unbranched alkanes of at least 4 members (excludes halogenated alkanes) is 8. The summed E-state index contributed by atoms with van der Waals surface area (Å²) in [6, 6.07) is 0. The minimum absolute atomic E-state index is 0.250. The predicted molar refractivity (Wildman–Crippen MR) is 72.8 cm³/mol. The van der Waals surface area contributed by atoms with E-state index in [4.69, 9.17) is 15.3 Å². The van der Waals surface area contributed by atoms with Crippen LogP contribution in [0.5, 0.6) is 0 Å². The minimum atomic E-state index is -1.10. The van der Waals surface area contributed by atoms with Crippen molar-refractivity contribution in [3.63, 3.8) is 0 Å². The second-order valence-corrected chi connectivity index (χ2v) is 4.41. The zero-order valence-electron chi connectivity index (χ0n) is 11.7. The van der Waals surface area contributed by atoms with E-state index in [0.29, 0.717) is 6.42 Å². The molecule has 0 saturated carbocycles. The number of aliphatic hydroxyl groups is 3. The summed E-state index contributed by atoms with van der Waals surface area (Å²) in [4.78, 5) is 0. The molecule has 0 aliphatic heterocycles. The Morgan fingerprint density at radius 1 is 0.706 bits per heavy atom. The molecule has 0 spiro atoms. The maximum atomic E-state index is 8.61. The molecule has 0 rings (SSSR count). The van der Waals surface area contributed by atoms with Gasteiger partial charge in [-0.15, -0.1) is 0 Å². The van der Waals surface area contributed by atoms with E-state index in [1.807, 2.05) is 0 Å². The van der Waals surface area contributed by atoms with Crippen LogP contribution in [0.3, 0.4) is 0 Å². The van der Waals surface area contributed by atoms with Gasteiger partial charge in [0.25, 0.3) is 0 Å². The molecular weight excluding hydrogens is 216 g/mol. The smallest absolute Gasteiger partial charge is 0.151 e. The lowest BCUT2D eigenvalue weighted by Gasteiger charge is -2.03. The van der Waals surface area contributed by atoms with Gasteiger partial charge in [-0.1, -0.05) is 58.3 Å². The van der Waals surface area contributed by atoms with E-state index < -0.39 is 6.29 Å². The molecule has 0 bridgehead atoms. The van der Waals surface area contributed by atoms with Crippen LogP contribution in [0.25, 0.3) is 0 Å². The van der Waals surface area contributed by atoms with Crippen LogP contribution in [0.15, 0.2) is 0 Å². The molecule has 0 saturated heterocycles. The Hall–Kier alpha value is -0.120. The molecule has 0 fully saturated rings. The van der Waals surface area contributed by atoms with E-state index in [0.717, 1.165) is 12.8 Å². The summed E-state index contributed by atoms with van der Waals surface area (Å²) in [5.74, 6) is 0. The van der Waals surface area contributed by atoms with Gasteiger partial charge in [0, 0.05) is 6.61 Å². The summed E-state index contributed by atoms with van der Waals surface area (Å²) < 4.78 is 0. The second-order valence-electron chi connectivity index (χ2n) is 4.41. The highest BCUT2D eigenvalue weighted by molar-refractivity contribution is 4.47. The van der Waals surface area contributed by atoms with E-state index in [-0.39, 0.29) is 6.61 Å². The molecule has 0 atom stereocenters. The molecule has 0 amide bonds. The molecule has 0 radical (unpaired) electrons. The summed E-state index contributed by atoms with van der Waals surface area (Å²) in [5.41, 5.74) is 0. The quantitative estimate of drug-likeness (QED) is 0.411. The van der Waals surface area contributed by atoms with Crippen LogP contribution in [0, 0.1) is 0 Å². The molecule has 0 unspecified atom stereocenters. The Morgan fingerprint density at radius 3 is 1.41 bits per heavy atom. The van der Waals surface area contributed by atoms with Gasteiger partial charge in [0.1, 0.15) is 0 Å². The van der Waals surface area contributed by atoms with Crippen molar-refractivity contribution >= 4 is 0 Å². The molecule has 0 aromatic rings. The average Bonchev–Trinajstić information content (AvgIpc) is 2.27. The van der Waals surface area contributed by atoms with Crippen LogP contribution in [0.4, 0.5) is 0 Å². The van der Waals surface area contributed by atoms with E-state index >= 15 is 0 Å². The molecule has 106 valence electrons. The van der Waals surface area contributed by atoms with Gasteiger partial charge in [-0.05, 0) is 19.8 Å². The first-order valence-corrected chi connectivity index (χ1v) is 7.16. The third kappa shape index (κ3) is 25.8. The second kappa shape index (κ2) is 18.3. The lowest BCUT2D eigenvalue weighted by atomic mass is 10.1.